The van der Waals surface area contributed by atoms with Crippen LogP contribution >= 0.6 is 15.9 Å². The van der Waals surface area contributed by atoms with Crippen LogP contribution in [0.15, 0.2) is 35.2 Å². The molecule has 0 aliphatic heterocycles. The lowest BCUT2D eigenvalue weighted by atomic mass is 10.4. The topological polar surface area (TPSA) is 42.7 Å². The molecular formula is C10H11BrN4. The molecule has 0 aromatic carbocycles. The molecule has 0 saturated carbocycles. The lowest BCUT2D eigenvalue weighted by molar-refractivity contribution is 0.660. The van der Waals surface area contributed by atoms with Crippen molar-refractivity contribution in [2.24, 2.45) is 0 Å². The predicted molar refractivity (Wildman–Crippen MR) is 63.1 cm³/mol. The van der Waals surface area contributed by atoms with Gasteiger partial charge in [0, 0.05) is 18.9 Å². The van der Waals surface area contributed by atoms with E-state index < -0.39 is 0 Å². The average molecular weight is 267 g/mol. The zero-order valence-electron chi connectivity index (χ0n) is 8.31. The molecule has 2 aromatic heterocycles. The van der Waals surface area contributed by atoms with Crippen LogP contribution in [-0.4, -0.2) is 14.8 Å². The van der Waals surface area contributed by atoms with Gasteiger partial charge in [0.15, 0.2) is 0 Å². The second kappa shape index (κ2) is 4.44. The molecule has 0 amide bonds. The van der Waals surface area contributed by atoms with Gasteiger partial charge in [0.25, 0.3) is 0 Å². The van der Waals surface area contributed by atoms with Crippen LogP contribution in [0.1, 0.15) is 6.92 Å². The van der Waals surface area contributed by atoms with Crippen LogP contribution in [0.25, 0.3) is 0 Å². The van der Waals surface area contributed by atoms with Crippen molar-refractivity contribution in [1.82, 2.24) is 14.8 Å². The van der Waals surface area contributed by atoms with Gasteiger partial charge < -0.3 is 5.32 Å². The molecule has 0 atom stereocenters. The summed E-state index contributed by atoms with van der Waals surface area (Å²) in [6.07, 6.45) is 5.48. The summed E-state index contributed by atoms with van der Waals surface area (Å²) in [6.45, 7) is 2.92. The van der Waals surface area contributed by atoms with Crippen molar-refractivity contribution in [2.75, 3.05) is 5.32 Å². The van der Waals surface area contributed by atoms with Crippen molar-refractivity contribution in [1.29, 1.82) is 0 Å². The van der Waals surface area contributed by atoms with E-state index in [0.717, 1.165) is 22.5 Å². The SMILES string of the molecule is CCn1cc(Nc2ncccc2Br)cn1. The Balaban J connectivity index is 2.18. The molecule has 1 N–H and O–H groups in total. The summed E-state index contributed by atoms with van der Waals surface area (Å²) in [5.74, 6) is 0.799. The van der Waals surface area contributed by atoms with Gasteiger partial charge in [-0.2, -0.15) is 5.10 Å². The number of hydrogen-bond acceptors (Lipinski definition) is 3. The number of aryl methyl sites for hydroxylation is 1. The third-order valence-corrected chi connectivity index (χ3v) is 2.62. The van der Waals surface area contributed by atoms with Crippen LogP contribution in [0.2, 0.25) is 0 Å². The highest BCUT2D eigenvalue weighted by atomic mass is 79.9. The Bertz CT molecular complexity index is 452. The van der Waals surface area contributed by atoms with E-state index in [-0.39, 0.29) is 0 Å². The van der Waals surface area contributed by atoms with E-state index in [1.807, 2.05) is 29.9 Å². The molecule has 2 rings (SSSR count). The molecule has 5 heteroatoms. The van der Waals surface area contributed by atoms with Crippen molar-refractivity contribution in [3.05, 3.63) is 35.2 Å². The lowest BCUT2D eigenvalue weighted by Gasteiger charge is -2.03. The van der Waals surface area contributed by atoms with Gasteiger partial charge in [-0.3, -0.25) is 4.68 Å². The van der Waals surface area contributed by atoms with Gasteiger partial charge in [-0.05, 0) is 35.0 Å². The summed E-state index contributed by atoms with van der Waals surface area (Å²) in [6, 6.07) is 3.82. The predicted octanol–water partition coefficient (Wildman–Crippen LogP) is 2.80. The molecule has 0 radical (unpaired) electrons. The minimum Gasteiger partial charge on any atom is -0.337 e. The number of nitrogens with one attached hydrogen (secondary N) is 1. The van der Waals surface area contributed by atoms with E-state index in [4.69, 9.17) is 0 Å². The standard InChI is InChI=1S/C10H11BrN4/c1-2-15-7-8(6-13-15)14-10-9(11)4-3-5-12-10/h3-7H,2H2,1H3,(H,12,14). The fourth-order valence-corrected chi connectivity index (χ4v) is 1.57. The maximum absolute atomic E-state index is 4.21. The fourth-order valence-electron chi connectivity index (χ4n) is 1.22. The minimum absolute atomic E-state index is 0.799. The van der Waals surface area contributed by atoms with E-state index in [1.54, 1.807) is 12.4 Å². The van der Waals surface area contributed by atoms with E-state index >= 15 is 0 Å². The van der Waals surface area contributed by atoms with Gasteiger partial charge in [-0.25, -0.2) is 4.98 Å². The summed E-state index contributed by atoms with van der Waals surface area (Å²) < 4.78 is 2.80. The number of rotatable bonds is 3. The Morgan fingerprint density at radius 3 is 3.07 bits per heavy atom. The van der Waals surface area contributed by atoms with Crippen molar-refractivity contribution in [3.63, 3.8) is 0 Å². The van der Waals surface area contributed by atoms with Gasteiger partial charge in [0.1, 0.15) is 5.82 Å². The number of aromatic nitrogens is 3. The first-order valence-corrected chi connectivity index (χ1v) is 5.49. The fraction of sp³-hybridized carbons (Fsp3) is 0.200. The number of halogens is 1. The maximum atomic E-state index is 4.21. The zero-order chi connectivity index (χ0) is 10.7. The van der Waals surface area contributed by atoms with E-state index in [0.29, 0.717) is 0 Å². The molecule has 0 unspecified atom stereocenters. The molecule has 0 aliphatic rings. The second-order valence-electron chi connectivity index (χ2n) is 3.04. The van der Waals surface area contributed by atoms with Gasteiger partial charge in [-0.1, -0.05) is 0 Å². The normalized spacial score (nSPS) is 10.3. The number of anilines is 2. The Kier molecular flexibility index (Phi) is 3.01. The summed E-state index contributed by atoms with van der Waals surface area (Å²) in [5.41, 5.74) is 0.941. The van der Waals surface area contributed by atoms with Crippen LogP contribution in [0.5, 0.6) is 0 Å². The Hall–Kier alpha value is -1.36. The first-order valence-electron chi connectivity index (χ1n) is 4.69. The number of pyridine rings is 1. The molecule has 15 heavy (non-hydrogen) atoms. The molecule has 4 nitrogen and oxygen atoms in total. The Morgan fingerprint density at radius 2 is 2.40 bits per heavy atom. The van der Waals surface area contributed by atoms with E-state index in [9.17, 15) is 0 Å². The monoisotopic (exact) mass is 266 g/mol. The third kappa shape index (κ3) is 2.36. The zero-order valence-corrected chi connectivity index (χ0v) is 9.90. The summed E-state index contributed by atoms with van der Waals surface area (Å²) in [7, 11) is 0. The quantitative estimate of drug-likeness (QED) is 0.929. The highest BCUT2D eigenvalue weighted by molar-refractivity contribution is 9.10. The lowest BCUT2D eigenvalue weighted by Crippen LogP contribution is -1.94. The second-order valence-corrected chi connectivity index (χ2v) is 3.90. The van der Waals surface area contributed by atoms with E-state index in [2.05, 4.69) is 31.3 Å². The molecule has 0 spiro atoms. The molecule has 2 heterocycles. The molecule has 0 fully saturated rings. The summed E-state index contributed by atoms with van der Waals surface area (Å²) >= 11 is 3.43. The van der Waals surface area contributed by atoms with Crippen LogP contribution < -0.4 is 5.32 Å². The smallest absolute Gasteiger partial charge is 0.144 e. The maximum Gasteiger partial charge on any atom is 0.144 e. The summed E-state index contributed by atoms with van der Waals surface area (Å²) in [4.78, 5) is 4.21. The first kappa shape index (κ1) is 10.2. The third-order valence-electron chi connectivity index (χ3n) is 1.98. The highest BCUT2D eigenvalue weighted by Gasteiger charge is 2.02. The minimum atomic E-state index is 0.799. The first-order chi connectivity index (χ1) is 7.29. The average Bonchev–Trinajstić information content (AvgIpc) is 2.69. The number of hydrogen-bond donors (Lipinski definition) is 1. The van der Waals surface area contributed by atoms with Crippen LogP contribution in [-0.2, 0) is 6.54 Å². The van der Waals surface area contributed by atoms with Crippen molar-refractivity contribution >= 4 is 27.4 Å². The van der Waals surface area contributed by atoms with Crippen molar-refractivity contribution in [3.8, 4) is 0 Å². The molecule has 0 saturated heterocycles. The Morgan fingerprint density at radius 1 is 1.53 bits per heavy atom. The van der Waals surface area contributed by atoms with Gasteiger partial charge in [-0.15, -0.1) is 0 Å². The largest absolute Gasteiger partial charge is 0.337 e. The van der Waals surface area contributed by atoms with Crippen molar-refractivity contribution in [2.45, 2.75) is 13.5 Å². The molecule has 0 aliphatic carbocycles. The van der Waals surface area contributed by atoms with E-state index in [1.165, 1.54) is 0 Å². The van der Waals surface area contributed by atoms with Gasteiger partial charge in [0.2, 0.25) is 0 Å². The molecule has 0 bridgehead atoms. The van der Waals surface area contributed by atoms with Crippen LogP contribution in [0.3, 0.4) is 0 Å². The molecule has 78 valence electrons. The van der Waals surface area contributed by atoms with Crippen LogP contribution in [0.4, 0.5) is 11.5 Å². The van der Waals surface area contributed by atoms with Crippen molar-refractivity contribution < 1.29 is 0 Å². The molecular weight excluding hydrogens is 256 g/mol. The number of nitrogens with zero attached hydrogens (tertiary/aromatic N) is 3. The summed E-state index contributed by atoms with van der Waals surface area (Å²) in [5, 5.41) is 7.36. The molecule has 2 aromatic rings. The highest BCUT2D eigenvalue weighted by Crippen LogP contribution is 2.22. The Labute approximate surface area is 96.5 Å². The van der Waals surface area contributed by atoms with Gasteiger partial charge in [0.05, 0.1) is 16.4 Å². The van der Waals surface area contributed by atoms with Gasteiger partial charge >= 0.3 is 0 Å². The van der Waals surface area contributed by atoms with Crippen LogP contribution in [0, 0.1) is 0 Å².